The number of nitro groups is 1. The van der Waals surface area contributed by atoms with Gasteiger partial charge in [-0.1, -0.05) is 84.4 Å². The molecule has 0 bridgehead atoms. The van der Waals surface area contributed by atoms with Gasteiger partial charge in [0.2, 0.25) is 11.6 Å². The van der Waals surface area contributed by atoms with Crippen molar-refractivity contribution in [1.29, 1.82) is 0 Å². The Labute approximate surface area is 220 Å². The predicted octanol–water partition coefficient (Wildman–Crippen LogP) is 5.56. The zero-order chi connectivity index (χ0) is 25.6. The molecule has 0 spiro atoms. The van der Waals surface area contributed by atoms with E-state index in [-0.39, 0.29) is 17.5 Å². The number of halogens is 1. The Bertz CT molecular complexity index is 1290. The maximum absolute atomic E-state index is 12.1. The van der Waals surface area contributed by atoms with Crippen LogP contribution in [0.4, 0.5) is 17.3 Å². The highest BCUT2D eigenvalue weighted by atomic mass is 35.5. The van der Waals surface area contributed by atoms with Gasteiger partial charge in [-0.15, -0.1) is 0 Å². The Morgan fingerprint density at radius 2 is 1.46 bits per heavy atom. The Kier molecular flexibility index (Phi) is 7.58. The third-order valence-electron chi connectivity index (χ3n) is 6.57. The average Bonchev–Trinajstić information content (AvgIpc) is 2.94. The molecule has 0 atom stereocenters. The van der Waals surface area contributed by atoms with Crippen LogP contribution >= 0.6 is 11.6 Å². The van der Waals surface area contributed by atoms with E-state index in [1.54, 1.807) is 12.1 Å². The van der Waals surface area contributed by atoms with Crippen LogP contribution in [-0.2, 0) is 6.54 Å². The van der Waals surface area contributed by atoms with Crippen molar-refractivity contribution in [3.05, 3.63) is 123 Å². The summed E-state index contributed by atoms with van der Waals surface area (Å²) in [6.07, 6.45) is 1.38. The van der Waals surface area contributed by atoms with Gasteiger partial charge in [-0.05, 0) is 28.8 Å². The molecule has 5 rings (SSSR count). The van der Waals surface area contributed by atoms with E-state index >= 15 is 0 Å². The lowest BCUT2D eigenvalue weighted by atomic mass is 9.96. The number of nitrogens with one attached hydrogen (secondary N) is 1. The maximum atomic E-state index is 12.1. The van der Waals surface area contributed by atoms with Gasteiger partial charge in [0.25, 0.3) is 0 Å². The van der Waals surface area contributed by atoms with E-state index in [0.717, 1.165) is 18.7 Å². The predicted molar refractivity (Wildman–Crippen MR) is 146 cm³/mol. The van der Waals surface area contributed by atoms with Crippen molar-refractivity contribution in [2.24, 2.45) is 0 Å². The van der Waals surface area contributed by atoms with Gasteiger partial charge in [-0.2, -0.15) is 0 Å². The first kappa shape index (κ1) is 24.7. The average molecular weight is 515 g/mol. The first-order chi connectivity index (χ1) is 18.1. The Morgan fingerprint density at radius 3 is 2.03 bits per heavy atom. The quantitative estimate of drug-likeness (QED) is 0.243. The van der Waals surface area contributed by atoms with Crippen LogP contribution in [0.25, 0.3) is 0 Å². The van der Waals surface area contributed by atoms with Gasteiger partial charge in [0.1, 0.15) is 6.33 Å². The first-order valence-corrected chi connectivity index (χ1v) is 12.5. The largest absolute Gasteiger partial charge is 0.360 e. The summed E-state index contributed by atoms with van der Waals surface area (Å²) in [5, 5.41) is 15.9. The summed E-state index contributed by atoms with van der Waals surface area (Å²) in [6.45, 7) is 3.10. The molecule has 1 aromatic heterocycles. The first-order valence-electron chi connectivity index (χ1n) is 12.2. The van der Waals surface area contributed by atoms with Crippen LogP contribution in [0.5, 0.6) is 0 Å². The Morgan fingerprint density at radius 1 is 0.865 bits per heavy atom. The van der Waals surface area contributed by atoms with Crippen molar-refractivity contribution in [1.82, 2.24) is 14.9 Å². The van der Waals surface area contributed by atoms with Crippen LogP contribution in [0.15, 0.2) is 91.3 Å². The minimum Gasteiger partial charge on any atom is -0.360 e. The Balaban J connectivity index is 1.34. The second kappa shape index (κ2) is 11.4. The fourth-order valence-electron chi connectivity index (χ4n) is 4.76. The highest BCUT2D eigenvalue weighted by Crippen LogP contribution is 2.35. The van der Waals surface area contributed by atoms with Crippen LogP contribution in [0, 0.1) is 10.1 Å². The van der Waals surface area contributed by atoms with Crippen molar-refractivity contribution < 1.29 is 4.92 Å². The fraction of sp³-hybridized carbons (Fsp3) is 0.214. The van der Waals surface area contributed by atoms with Gasteiger partial charge in [-0.3, -0.25) is 15.0 Å². The standard InChI is InChI=1S/C28H27ClN6O2/c29-24-13-11-21(12-14-24)19-30-27-26(35(36)37)28(32-20-31-27)34-17-15-33(16-18-34)25(22-7-3-1-4-8-22)23-9-5-2-6-10-23/h1-14,20,25H,15-19H2,(H,30,31,32). The van der Waals surface area contributed by atoms with E-state index < -0.39 is 4.92 Å². The zero-order valence-corrected chi connectivity index (χ0v) is 21.0. The van der Waals surface area contributed by atoms with E-state index in [2.05, 4.69) is 68.7 Å². The summed E-state index contributed by atoms with van der Waals surface area (Å²) in [5.74, 6) is 0.549. The van der Waals surface area contributed by atoms with E-state index in [4.69, 9.17) is 11.6 Å². The zero-order valence-electron chi connectivity index (χ0n) is 20.2. The van der Waals surface area contributed by atoms with Crippen molar-refractivity contribution >= 4 is 28.9 Å². The molecule has 188 valence electrons. The summed E-state index contributed by atoms with van der Waals surface area (Å²) in [7, 11) is 0. The molecule has 3 aromatic carbocycles. The number of piperazine rings is 1. The Hall–Kier alpha value is -4.01. The van der Waals surface area contributed by atoms with Crippen LogP contribution in [-0.4, -0.2) is 46.0 Å². The molecule has 1 saturated heterocycles. The van der Waals surface area contributed by atoms with E-state index in [1.165, 1.54) is 17.5 Å². The molecule has 0 amide bonds. The number of hydrogen-bond acceptors (Lipinski definition) is 7. The van der Waals surface area contributed by atoms with Gasteiger partial charge in [0.05, 0.1) is 11.0 Å². The molecule has 0 unspecified atom stereocenters. The van der Waals surface area contributed by atoms with Gasteiger partial charge < -0.3 is 10.2 Å². The fourth-order valence-corrected chi connectivity index (χ4v) is 4.89. The van der Waals surface area contributed by atoms with Crippen molar-refractivity contribution in [3.63, 3.8) is 0 Å². The van der Waals surface area contributed by atoms with Gasteiger partial charge >= 0.3 is 5.69 Å². The molecule has 0 aliphatic carbocycles. The third-order valence-corrected chi connectivity index (χ3v) is 6.82. The maximum Gasteiger partial charge on any atom is 0.353 e. The molecule has 37 heavy (non-hydrogen) atoms. The smallest absolute Gasteiger partial charge is 0.353 e. The summed E-state index contributed by atoms with van der Waals surface area (Å²) in [5.41, 5.74) is 3.29. The highest BCUT2D eigenvalue weighted by molar-refractivity contribution is 6.30. The number of benzene rings is 3. The van der Waals surface area contributed by atoms with E-state index in [1.807, 2.05) is 29.2 Å². The molecule has 0 radical (unpaired) electrons. The monoisotopic (exact) mass is 514 g/mol. The lowest BCUT2D eigenvalue weighted by molar-refractivity contribution is -0.383. The molecule has 1 aliphatic rings. The molecule has 9 heteroatoms. The number of hydrogen-bond donors (Lipinski definition) is 1. The second-order valence-corrected chi connectivity index (χ2v) is 9.31. The number of aromatic nitrogens is 2. The molecule has 0 saturated carbocycles. The molecule has 2 heterocycles. The van der Waals surface area contributed by atoms with Crippen LogP contribution in [0.1, 0.15) is 22.7 Å². The van der Waals surface area contributed by atoms with Gasteiger partial charge in [-0.25, -0.2) is 9.97 Å². The number of nitrogens with zero attached hydrogens (tertiary/aromatic N) is 5. The van der Waals surface area contributed by atoms with E-state index in [9.17, 15) is 10.1 Å². The lowest BCUT2D eigenvalue weighted by Gasteiger charge is -2.40. The van der Waals surface area contributed by atoms with Crippen LogP contribution < -0.4 is 10.2 Å². The molecular weight excluding hydrogens is 488 g/mol. The minimum absolute atomic E-state index is 0.104. The summed E-state index contributed by atoms with van der Waals surface area (Å²) in [6, 6.07) is 28.3. The molecule has 1 N–H and O–H groups in total. The molecule has 8 nitrogen and oxygen atoms in total. The SMILES string of the molecule is O=[N+]([O-])c1c(NCc2ccc(Cl)cc2)ncnc1N1CCN(C(c2ccccc2)c2ccccc2)CC1. The molecular formula is C28H27ClN6O2. The number of rotatable bonds is 8. The van der Waals surface area contributed by atoms with Crippen molar-refractivity contribution in [3.8, 4) is 0 Å². The summed E-state index contributed by atoms with van der Waals surface area (Å²) >= 11 is 5.96. The van der Waals surface area contributed by atoms with E-state index in [0.29, 0.717) is 30.5 Å². The third kappa shape index (κ3) is 5.71. The summed E-state index contributed by atoms with van der Waals surface area (Å²) < 4.78 is 0. The van der Waals surface area contributed by atoms with Crippen molar-refractivity contribution in [2.45, 2.75) is 12.6 Å². The van der Waals surface area contributed by atoms with Crippen LogP contribution in [0.3, 0.4) is 0 Å². The topological polar surface area (TPSA) is 87.4 Å². The lowest BCUT2D eigenvalue weighted by Crippen LogP contribution is -2.48. The van der Waals surface area contributed by atoms with Crippen molar-refractivity contribution in [2.75, 3.05) is 36.4 Å². The van der Waals surface area contributed by atoms with Gasteiger partial charge in [0.15, 0.2) is 0 Å². The number of anilines is 2. The van der Waals surface area contributed by atoms with Gasteiger partial charge in [0, 0.05) is 37.7 Å². The summed E-state index contributed by atoms with van der Waals surface area (Å²) in [4.78, 5) is 24.6. The minimum atomic E-state index is -0.400. The normalized spacial score (nSPS) is 14.1. The second-order valence-electron chi connectivity index (χ2n) is 8.88. The molecule has 1 aliphatic heterocycles. The highest BCUT2D eigenvalue weighted by Gasteiger charge is 2.32. The van der Waals surface area contributed by atoms with Crippen LogP contribution in [0.2, 0.25) is 5.02 Å². The molecule has 4 aromatic rings. The molecule has 1 fully saturated rings.